The summed E-state index contributed by atoms with van der Waals surface area (Å²) in [5, 5.41) is 2.00. The fourth-order valence-corrected chi connectivity index (χ4v) is 7.35. The van der Waals surface area contributed by atoms with Crippen LogP contribution in [-0.4, -0.2) is 19.5 Å². The van der Waals surface area contributed by atoms with Crippen molar-refractivity contribution in [2.24, 2.45) is 0 Å². The number of benzene rings is 8. The first-order valence-corrected chi connectivity index (χ1v) is 18.0. The highest BCUT2D eigenvalue weighted by atomic mass is 16.3. The third kappa shape index (κ3) is 5.29. The van der Waals surface area contributed by atoms with Gasteiger partial charge in [0, 0.05) is 43.8 Å². The van der Waals surface area contributed by atoms with E-state index in [-0.39, 0.29) is 69.0 Å². The van der Waals surface area contributed by atoms with Crippen molar-refractivity contribution < 1.29 is 18.1 Å². The third-order valence-corrected chi connectivity index (χ3v) is 9.93. The Labute approximate surface area is 336 Å². The lowest BCUT2D eigenvalue weighted by atomic mass is 9.98. The van der Waals surface area contributed by atoms with Crippen molar-refractivity contribution in [1.29, 1.82) is 0 Å². The van der Waals surface area contributed by atoms with Gasteiger partial charge in [-0.25, -0.2) is 15.0 Å². The summed E-state index contributed by atoms with van der Waals surface area (Å²) in [6.07, 6.45) is 0. The predicted octanol–water partition coefficient (Wildman–Crippen LogP) is 13.2. The Bertz CT molecular complexity index is 3750. The fraction of sp³-hybridized carbons (Fsp3) is 0. The number of para-hydroxylation sites is 3. The van der Waals surface area contributed by atoms with Gasteiger partial charge < -0.3 is 8.98 Å². The first kappa shape index (κ1) is 23.2. The SMILES string of the molecule is [2H]c1cc([2H])c2c(c1[2H])c1c([2H])cc(-c3c([2H])c([2H])c([2H])c([2H])c3[2H])c([2H])c1n2-c1ccc(-c2cccc3c2oc2ccccc23)cc1-c1nc(-c2ccccc2)nc(-c2ccccc2)n1. The maximum atomic E-state index is 9.90. The molecule has 0 N–H and O–H groups in total. The molecule has 262 valence electrons. The Morgan fingerprint density at radius 1 is 0.429 bits per heavy atom. The van der Waals surface area contributed by atoms with Crippen LogP contribution in [0.15, 0.2) is 198 Å². The highest BCUT2D eigenvalue weighted by Gasteiger charge is 2.22. The van der Waals surface area contributed by atoms with Crippen LogP contribution in [0.3, 0.4) is 0 Å². The van der Waals surface area contributed by atoms with E-state index in [9.17, 15) is 5.48 Å². The van der Waals surface area contributed by atoms with Crippen LogP contribution in [-0.2, 0) is 0 Å². The van der Waals surface area contributed by atoms with E-state index in [0.717, 1.165) is 16.3 Å². The number of nitrogens with zero attached hydrogens (tertiary/aromatic N) is 4. The first-order chi connectivity index (χ1) is 31.9. The van der Waals surface area contributed by atoms with Gasteiger partial charge in [0.15, 0.2) is 17.5 Å². The van der Waals surface area contributed by atoms with Crippen LogP contribution < -0.4 is 0 Å². The topological polar surface area (TPSA) is 56.7 Å². The smallest absolute Gasteiger partial charge is 0.166 e. The highest BCUT2D eigenvalue weighted by molar-refractivity contribution is 6.12. The fourth-order valence-electron chi connectivity index (χ4n) is 7.35. The van der Waals surface area contributed by atoms with Gasteiger partial charge in [-0.1, -0.05) is 164 Å². The van der Waals surface area contributed by atoms with E-state index < -0.39 is 30.2 Å². The van der Waals surface area contributed by atoms with E-state index in [1.54, 1.807) is 10.6 Å². The minimum atomic E-state index is -0.604. The van der Waals surface area contributed by atoms with E-state index in [1.807, 2.05) is 115 Å². The summed E-state index contributed by atoms with van der Waals surface area (Å²) in [6, 6.07) is 36.4. The number of fused-ring (bicyclic) bond motifs is 6. The number of hydrogen-bond acceptors (Lipinski definition) is 4. The quantitative estimate of drug-likeness (QED) is 0.171. The molecule has 56 heavy (non-hydrogen) atoms. The number of furan rings is 1. The number of hydrogen-bond donors (Lipinski definition) is 0. The second kappa shape index (κ2) is 13.0. The molecule has 0 unspecified atom stereocenters. The first-order valence-electron chi connectivity index (χ1n) is 23.0. The molecule has 5 heteroatoms. The molecule has 0 aliphatic carbocycles. The van der Waals surface area contributed by atoms with Crippen molar-refractivity contribution in [1.82, 2.24) is 19.5 Å². The monoisotopic (exact) mass is 726 g/mol. The van der Waals surface area contributed by atoms with Gasteiger partial charge in [-0.2, -0.15) is 0 Å². The Morgan fingerprint density at radius 2 is 1.12 bits per heavy atom. The Hall–Kier alpha value is -7.63. The third-order valence-electron chi connectivity index (χ3n) is 9.93. The summed E-state index contributed by atoms with van der Waals surface area (Å²) in [4.78, 5) is 15.1. The van der Waals surface area contributed by atoms with E-state index >= 15 is 0 Å². The van der Waals surface area contributed by atoms with Crippen LogP contribution in [0.1, 0.15) is 13.7 Å². The highest BCUT2D eigenvalue weighted by Crippen LogP contribution is 2.41. The van der Waals surface area contributed by atoms with Crippen molar-refractivity contribution >= 4 is 43.7 Å². The zero-order chi connectivity index (χ0) is 45.7. The van der Waals surface area contributed by atoms with Gasteiger partial charge in [0.2, 0.25) is 0 Å². The number of aromatic nitrogens is 4. The molecule has 0 radical (unpaired) electrons. The van der Waals surface area contributed by atoms with E-state index in [2.05, 4.69) is 0 Å². The Balaban J connectivity index is 1.30. The minimum absolute atomic E-state index is 0.0147. The summed E-state index contributed by atoms with van der Waals surface area (Å²) >= 11 is 0. The predicted molar refractivity (Wildman–Crippen MR) is 229 cm³/mol. The Kier molecular flexibility index (Phi) is 5.41. The lowest BCUT2D eigenvalue weighted by molar-refractivity contribution is 0.670. The van der Waals surface area contributed by atoms with Gasteiger partial charge in [-0.3, -0.25) is 0 Å². The molecule has 0 saturated carbocycles. The molecule has 0 amide bonds. The van der Waals surface area contributed by atoms with Crippen molar-refractivity contribution in [2.45, 2.75) is 0 Å². The maximum absolute atomic E-state index is 9.90. The summed E-state index contributed by atoms with van der Waals surface area (Å²) < 4.78 is 97.6. The molecule has 0 spiro atoms. The van der Waals surface area contributed by atoms with Crippen molar-refractivity contribution in [2.75, 3.05) is 0 Å². The Morgan fingerprint density at radius 3 is 1.91 bits per heavy atom. The van der Waals surface area contributed by atoms with Crippen molar-refractivity contribution in [3.8, 4) is 62.1 Å². The summed E-state index contributed by atoms with van der Waals surface area (Å²) in [5.74, 6) is 0.938. The molecule has 0 bridgehead atoms. The lowest BCUT2D eigenvalue weighted by Gasteiger charge is -2.17. The van der Waals surface area contributed by atoms with Gasteiger partial charge in [0.1, 0.15) is 11.2 Å². The second-order valence-electron chi connectivity index (χ2n) is 13.2. The van der Waals surface area contributed by atoms with Crippen LogP contribution in [0.5, 0.6) is 0 Å². The molecular formula is C51H32N4O. The molecule has 8 aromatic carbocycles. The van der Waals surface area contributed by atoms with Gasteiger partial charge in [0.25, 0.3) is 0 Å². The summed E-state index contributed by atoms with van der Waals surface area (Å²) in [6.45, 7) is 0. The molecule has 3 heterocycles. The lowest BCUT2D eigenvalue weighted by Crippen LogP contribution is -2.04. The van der Waals surface area contributed by atoms with E-state index in [4.69, 9.17) is 27.6 Å². The van der Waals surface area contributed by atoms with Crippen molar-refractivity contribution in [3.05, 3.63) is 194 Å². The molecule has 0 atom stereocenters. The van der Waals surface area contributed by atoms with Gasteiger partial charge in [-0.15, -0.1) is 0 Å². The van der Waals surface area contributed by atoms with Crippen LogP contribution >= 0.6 is 0 Å². The van der Waals surface area contributed by atoms with E-state index in [1.165, 1.54) is 12.1 Å². The summed E-state index contributed by atoms with van der Waals surface area (Å²) in [7, 11) is 0. The van der Waals surface area contributed by atoms with Crippen LogP contribution in [0, 0.1) is 0 Å². The maximum Gasteiger partial charge on any atom is 0.166 e. The summed E-state index contributed by atoms with van der Waals surface area (Å²) in [5.41, 5.74) is 4.71. The zero-order valence-corrected chi connectivity index (χ0v) is 29.4. The van der Waals surface area contributed by atoms with Crippen molar-refractivity contribution in [3.63, 3.8) is 0 Å². The molecule has 0 aliphatic heterocycles. The normalized spacial score (nSPS) is 14.1. The van der Waals surface area contributed by atoms with Crippen LogP contribution in [0.25, 0.3) is 106 Å². The second-order valence-corrected chi connectivity index (χ2v) is 13.2. The molecule has 0 fully saturated rings. The molecule has 11 aromatic rings. The minimum Gasteiger partial charge on any atom is -0.455 e. The molecule has 11 rings (SSSR count). The zero-order valence-electron chi connectivity index (χ0n) is 39.4. The molecule has 3 aromatic heterocycles. The van der Waals surface area contributed by atoms with E-state index in [0.29, 0.717) is 50.8 Å². The average molecular weight is 727 g/mol. The average Bonchev–Trinajstić information content (AvgIpc) is 3.92. The molecule has 0 saturated heterocycles. The standard InChI is InChI=1S/C51H32N4O/c1-4-15-33(16-5-1)36-27-29-40-39-21-10-12-25-44(39)55(46(40)32-36)45-30-28-37(38-23-14-24-42-41-22-11-13-26-47(41)56-48(38)42)31-43(45)51-53-49(34-17-6-2-7-18-34)52-50(54-51)35-19-8-3-9-20-35/h1-32H/i1D,4D,5D,10D,15D,16D,21D,25D,29D,32D. The van der Waals surface area contributed by atoms with Gasteiger partial charge in [-0.05, 0) is 47.0 Å². The van der Waals surface area contributed by atoms with Crippen LogP contribution in [0.4, 0.5) is 0 Å². The molecule has 5 nitrogen and oxygen atoms in total. The van der Waals surface area contributed by atoms with Gasteiger partial charge >= 0.3 is 0 Å². The molecule has 0 aliphatic rings. The van der Waals surface area contributed by atoms with Gasteiger partial charge in [0.05, 0.1) is 30.4 Å². The largest absolute Gasteiger partial charge is 0.455 e. The number of rotatable bonds is 6. The molecular weight excluding hydrogens is 685 g/mol. The van der Waals surface area contributed by atoms with Crippen LogP contribution in [0.2, 0.25) is 0 Å².